The predicted molar refractivity (Wildman–Crippen MR) is 57.1 cm³/mol. The molecule has 2 heterocycles. The minimum atomic E-state index is -0.813. The Bertz CT molecular complexity index is 386. The van der Waals surface area contributed by atoms with E-state index in [2.05, 4.69) is 4.98 Å². The number of carbonyl (C=O) groups excluding carboxylic acids is 1. The van der Waals surface area contributed by atoms with Gasteiger partial charge in [-0.05, 0) is 18.9 Å². The number of aliphatic carboxylic acids is 1. The molecule has 1 fully saturated rings. The number of aromatic amines is 1. The lowest BCUT2D eigenvalue weighted by Gasteiger charge is -2.30. The summed E-state index contributed by atoms with van der Waals surface area (Å²) in [5, 5.41) is 8.92. The van der Waals surface area contributed by atoms with Crippen LogP contribution < -0.4 is 0 Å². The molecule has 1 saturated heterocycles. The summed E-state index contributed by atoms with van der Waals surface area (Å²) in [5.74, 6) is -1.32. The highest BCUT2D eigenvalue weighted by atomic mass is 16.4. The van der Waals surface area contributed by atoms with Crippen molar-refractivity contribution in [2.45, 2.75) is 12.8 Å². The molecule has 2 N–H and O–H groups in total. The third-order valence-electron chi connectivity index (χ3n) is 2.90. The smallest absolute Gasteiger partial charge is 0.308 e. The number of piperidine rings is 1. The molecule has 5 nitrogen and oxygen atoms in total. The van der Waals surface area contributed by atoms with Crippen LogP contribution >= 0.6 is 0 Å². The zero-order chi connectivity index (χ0) is 11.5. The second-order valence-corrected chi connectivity index (χ2v) is 4.03. The van der Waals surface area contributed by atoms with Gasteiger partial charge in [0, 0.05) is 25.5 Å². The van der Waals surface area contributed by atoms with E-state index >= 15 is 0 Å². The van der Waals surface area contributed by atoms with Crippen molar-refractivity contribution in [2.24, 2.45) is 5.92 Å². The molecule has 16 heavy (non-hydrogen) atoms. The van der Waals surface area contributed by atoms with E-state index in [1.54, 1.807) is 23.4 Å². The lowest BCUT2D eigenvalue weighted by Crippen LogP contribution is -2.42. The zero-order valence-corrected chi connectivity index (χ0v) is 8.85. The van der Waals surface area contributed by atoms with Crippen molar-refractivity contribution in [1.29, 1.82) is 0 Å². The molecular formula is C11H14N2O3. The minimum absolute atomic E-state index is 0.0906. The van der Waals surface area contributed by atoms with Crippen LogP contribution in [0.1, 0.15) is 23.2 Å². The molecule has 0 saturated carbocycles. The Hall–Kier alpha value is -1.78. The van der Waals surface area contributed by atoms with Crippen LogP contribution in [-0.2, 0) is 4.79 Å². The van der Waals surface area contributed by atoms with E-state index in [1.165, 1.54) is 0 Å². The molecule has 1 amide bonds. The monoisotopic (exact) mass is 222 g/mol. The minimum Gasteiger partial charge on any atom is -0.481 e. The molecule has 0 radical (unpaired) electrons. The van der Waals surface area contributed by atoms with E-state index in [4.69, 9.17) is 5.11 Å². The number of amides is 1. The average molecular weight is 222 g/mol. The van der Waals surface area contributed by atoms with Crippen LogP contribution in [0.3, 0.4) is 0 Å². The second kappa shape index (κ2) is 4.38. The van der Waals surface area contributed by atoms with Crippen LogP contribution in [0.4, 0.5) is 0 Å². The number of H-pyrrole nitrogens is 1. The molecule has 5 heteroatoms. The number of hydrogen-bond donors (Lipinski definition) is 2. The fourth-order valence-electron chi connectivity index (χ4n) is 2.00. The third-order valence-corrected chi connectivity index (χ3v) is 2.90. The average Bonchev–Trinajstić information content (AvgIpc) is 2.81. The van der Waals surface area contributed by atoms with Crippen molar-refractivity contribution in [3.05, 3.63) is 24.0 Å². The zero-order valence-electron chi connectivity index (χ0n) is 8.85. The summed E-state index contributed by atoms with van der Waals surface area (Å²) in [6.07, 6.45) is 4.73. The number of hydrogen-bond acceptors (Lipinski definition) is 2. The lowest BCUT2D eigenvalue weighted by atomic mass is 9.98. The number of carboxylic acid groups (broad SMARTS) is 1. The van der Waals surface area contributed by atoms with Gasteiger partial charge in [0.15, 0.2) is 0 Å². The molecule has 1 aromatic rings. The Morgan fingerprint density at radius 3 is 2.94 bits per heavy atom. The Morgan fingerprint density at radius 1 is 1.50 bits per heavy atom. The summed E-state index contributed by atoms with van der Waals surface area (Å²) < 4.78 is 0. The van der Waals surface area contributed by atoms with Gasteiger partial charge in [-0.25, -0.2) is 0 Å². The molecule has 0 bridgehead atoms. The molecule has 0 aromatic carbocycles. The van der Waals surface area contributed by atoms with Gasteiger partial charge in [-0.15, -0.1) is 0 Å². The van der Waals surface area contributed by atoms with Gasteiger partial charge in [0.25, 0.3) is 5.91 Å². The van der Waals surface area contributed by atoms with E-state index in [-0.39, 0.29) is 5.91 Å². The number of nitrogens with one attached hydrogen (secondary N) is 1. The summed E-state index contributed by atoms with van der Waals surface area (Å²) >= 11 is 0. The highest BCUT2D eigenvalue weighted by Crippen LogP contribution is 2.18. The third kappa shape index (κ3) is 2.08. The highest BCUT2D eigenvalue weighted by molar-refractivity contribution is 5.94. The van der Waals surface area contributed by atoms with E-state index in [0.29, 0.717) is 25.1 Å². The number of rotatable bonds is 2. The number of likely N-dealkylation sites (tertiary alicyclic amines) is 1. The maximum absolute atomic E-state index is 11.9. The quantitative estimate of drug-likeness (QED) is 0.782. The molecule has 1 atom stereocenters. The van der Waals surface area contributed by atoms with Gasteiger partial charge < -0.3 is 15.0 Å². The second-order valence-electron chi connectivity index (χ2n) is 4.03. The molecular weight excluding hydrogens is 208 g/mol. The molecule has 0 spiro atoms. The number of carboxylic acids is 1. The largest absolute Gasteiger partial charge is 0.481 e. The molecule has 1 aromatic heterocycles. The maximum atomic E-state index is 11.9. The van der Waals surface area contributed by atoms with E-state index in [9.17, 15) is 9.59 Å². The Morgan fingerprint density at radius 2 is 2.31 bits per heavy atom. The first-order valence-corrected chi connectivity index (χ1v) is 5.33. The van der Waals surface area contributed by atoms with Crippen molar-refractivity contribution in [2.75, 3.05) is 13.1 Å². The summed E-state index contributed by atoms with van der Waals surface area (Å²) in [6.45, 7) is 0.965. The maximum Gasteiger partial charge on any atom is 0.308 e. The summed E-state index contributed by atoms with van der Waals surface area (Å²) in [5.41, 5.74) is 0.589. The SMILES string of the molecule is O=C(O)C1CCCN(C(=O)c2cc[nH]c2)C1. The van der Waals surface area contributed by atoms with Gasteiger partial charge in [-0.3, -0.25) is 9.59 Å². The molecule has 86 valence electrons. The predicted octanol–water partition coefficient (Wildman–Crippen LogP) is 0.952. The standard InChI is InChI=1S/C11H14N2O3/c14-10(8-3-4-12-6-8)13-5-1-2-9(7-13)11(15)16/h3-4,6,9,12H,1-2,5,7H2,(H,15,16). The van der Waals surface area contributed by atoms with Crippen molar-refractivity contribution >= 4 is 11.9 Å². The van der Waals surface area contributed by atoms with Crippen LogP contribution in [0.15, 0.2) is 18.5 Å². The van der Waals surface area contributed by atoms with Gasteiger partial charge in [-0.2, -0.15) is 0 Å². The van der Waals surface area contributed by atoms with Crippen molar-refractivity contribution < 1.29 is 14.7 Å². The van der Waals surface area contributed by atoms with Gasteiger partial charge >= 0.3 is 5.97 Å². The summed E-state index contributed by atoms with van der Waals surface area (Å²) in [6, 6.07) is 1.70. The van der Waals surface area contributed by atoms with Crippen LogP contribution in [0.5, 0.6) is 0 Å². The molecule has 2 rings (SSSR count). The van der Waals surface area contributed by atoms with Crippen molar-refractivity contribution in [1.82, 2.24) is 9.88 Å². The Balaban J connectivity index is 2.05. The highest BCUT2D eigenvalue weighted by Gasteiger charge is 2.28. The summed E-state index contributed by atoms with van der Waals surface area (Å²) in [7, 11) is 0. The van der Waals surface area contributed by atoms with Crippen molar-refractivity contribution in [3.8, 4) is 0 Å². The topological polar surface area (TPSA) is 73.4 Å². The number of carbonyl (C=O) groups is 2. The van der Waals surface area contributed by atoms with E-state index in [0.717, 1.165) is 6.42 Å². The van der Waals surface area contributed by atoms with Crippen LogP contribution in [-0.4, -0.2) is 40.0 Å². The van der Waals surface area contributed by atoms with Crippen molar-refractivity contribution in [3.63, 3.8) is 0 Å². The lowest BCUT2D eigenvalue weighted by molar-refractivity contribution is -0.143. The van der Waals surface area contributed by atoms with Gasteiger partial charge in [0.2, 0.25) is 0 Å². The van der Waals surface area contributed by atoms with Gasteiger partial charge in [0.1, 0.15) is 0 Å². The molecule has 1 aliphatic heterocycles. The molecule has 1 aliphatic rings. The summed E-state index contributed by atoms with van der Waals surface area (Å²) in [4.78, 5) is 27.2. The molecule has 0 aliphatic carbocycles. The van der Waals surface area contributed by atoms with Crippen LogP contribution in [0.2, 0.25) is 0 Å². The molecule has 1 unspecified atom stereocenters. The Labute approximate surface area is 93.1 Å². The van der Waals surface area contributed by atoms with Crippen LogP contribution in [0, 0.1) is 5.92 Å². The fourth-order valence-corrected chi connectivity index (χ4v) is 2.00. The first-order valence-electron chi connectivity index (χ1n) is 5.33. The normalized spacial score (nSPS) is 20.8. The van der Waals surface area contributed by atoms with Gasteiger partial charge in [0.05, 0.1) is 11.5 Å². The van der Waals surface area contributed by atoms with E-state index in [1.807, 2.05) is 0 Å². The first-order chi connectivity index (χ1) is 7.68. The first kappa shape index (κ1) is 10.7. The number of aromatic nitrogens is 1. The fraction of sp³-hybridized carbons (Fsp3) is 0.455. The van der Waals surface area contributed by atoms with Crippen LogP contribution in [0.25, 0.3) is 0 Å². The number of nitrogens with zero attached hydrogens (tertiary/aromatic N) is 1. The van der Waals surface area contributed by atoms with Gasteiger partial charge in [-0.1, -0.05) is 0 Å². The Kier molecular flexibility index (Phi) is 2.94. The van der Waals surface area contributed by atoms with E-state index < -0.39 is 11.9 Å².